The lowest BCUT2D eigenvalue weighted by Gasteiger charge is -2.34. The van der Waals surface area contributed by atoms with Gasteiger partial charge in [-0.15, -0.1) is 0 Å². The Hall–Kier alpha value is -0.830. The van der Waals surface area contributed by atoms with Crippen LogP contribution < -0.4 is 0 Å². The third kappa shape index (κ3) is 2.14. The van der Waals surface area contributed by atoms with Crippen LogP contribution >= 0.6 is 0 Å². The van der Waals surface area contributed by atoms with E-state index in [0.717, 1.165) is 31.0 Å². The number of aryl methyl sites for hydroxylation is 1. The molecule has 0 spiro atoms. The molecular weight excluding hydrogens is 200 g/mol. The van der Waals surface area contributed by atoms with Crippen molar-refractivity contribution in [3.05, 3.63) is 18.2 Å². The Bertz CT molecular complexity index is 334. The second-order valence-electron chi connectivity index (χ2n) is 4.83. The van der Waals surface area contributed by atoms with Gasteiger partial charge in [-0.1, -0.05) is 20.3 Å². The van der Waals surface area contributed by atoms with Crippen LogP contribution in [-0.4, -0.2) is 20.8 Å². The average Bonchev–Trinajstić information content (AvgIpc) is 2.77. The first-order valence-corrected chi connectivity index (χ1v) is 6.46. The van der Waals surface area contributed by atoms with Crippen LogP contribution in [-0.2, 0) is 6.42 Å². The molecule has 1 heterocycles. The minimum absolute atomic E-state index is 0.192. The second kappa shape index (κ2) is 5.00. The normalized spacial score (nSPS) is 30.6. The van der Waals surface area contributed by atoms with Gasteiger partial charge in [0.2, 0.25) is 0 Å². The van der Waals surface area contributed by atoms with Crippen molar-refractivity contribution in [2.45, 2.75) is 58.1 Å². The average molecular weight is 222 g/mol. The summed E-state index contributed by atoms with van der Waals surface area (Å²) >= 11 is 0. The minimum Gasteiger partial charge on any atom is -0.391 e. The molecule has 90 valence electrons. The maximum absolute atomic E-state index is 10.1. The van der Waals surface area contributed by atoms with Crippen molar-refractivity contribution in [2.75, 3.05) is 0 Å². The lowest BCUT2D eigenvalue weighted by Crippen LogP contribution is -2.32. The van der Waals surface area contributed by atoms with E-state index in [-0.39, 0.29) is 12.1 Å². The molecule has 0 bridgehead atoms. The fraction of sp³-hybridized carbons (Fsp3) is 0.769. The van der Waals surface area contributed by atoms with Gasteiger partial charge in [0, 0.05) is 18.8 Å². The van der Waals surface area contributed by atoms with Crippen LogP contribution in [0.3, 0.4) is 0 Å². The smallest absolute Gasteiger partial charge is 0.108 e. The summed E-state index contributed by atoms with van der Waals surface area (Å²) in [5, 5.41) is 10.1. The van der Waals surface area contributed by atoms with Crippen molar-refractivity contribution < 1.29 is 5.11 Å². The third-order valence-corrected chi connectivity index (χ3v) is 3.89. The molecule has 1 aliphatic rings. The van der Waals surface area contributed by atoms with Gasteiger partial charge in [0.15, 0.2) is 0 Å². The van der Waals surface area contributed by atoms with Crippen molar-refractivity contribution in [1.82, 2.24) is 9.55 Å². The van der Waals surface area contributed by atoms with Gasteiger partial charge in [0.25, 0.3) is 0 Å². The van der Waals surface area contributed by atoms with Gasteiger partial charge in [-0.25, -0.2) is 4.98 Å². The van der Waals surface area contributed by atoms with Crippen LogP contribution in [0.5, 0.6) is 0 Å². The standard InChI is InChI=1S/C13H22N2O/c1-3-10-5-6-12(16)11(9-10)15-8-7-14-13(15)4-2/h7-8,10-12,16H,3-6,9H2,1-2H3. The Morgan fingerprint density at radius 1 is 1.44 bits per heavy atom. The predicted octanol–water partition coefficient (Wildman–Crippen LogP) is 2.56. The van der Waals surface area contributed by atoms with Gasteiger partial charge in [-0.2, -0.15) is 0 Å². The summed E-state index contributed by atoms with van der Waals surface area (Å²) in [5.41, 5.74) is 0. The Labute approximate surface area is 97.5 Å². The minimum atomic E-state index is -0.192. The lowest BCUT2D eigenvalue weighted by molar-refractivity contribution is 0.0520. The van der Waals surface area contributed by atoms with Crippen molar-refractivity contribution in [3.8, 4) is 0 Å². The molecule has 1 aliphatic carbocycles. The van der Waals surface area contributed by atoms with Crippen LogP contribution in [0, 0.1) is 5.92 Å². The topological polar surface area (TPSA) is 38.0 Å². The van der Waals surface area contributed by atoms with Crippen molar-refractivity contribution in [3.63, 3.8) is 0 Å². The summed E-state index contributed by atoms with van der Waals surface area (Å²) in [7, 11) is 0. The Balaban J connectivity index is 2.17. The molecule has 3 unspecified atom stereocenters. The fourth-order valence-electron chi connectivity index (χ4n) is 2.80. The highest BCUT2D eigenvalue weighted by Crippen LogP contribution is 2.35. The number of aliphatic hydroxyl groups excluding tert-OH is 1. The molecule has 0 aliphatic heterocycles. The molecule has 3 nitrogen and oxygen atoms in total. The molecule has 1 aromatic rings. The van der Waals surface area contributed by atoms with Gasteiger partial charge in [-0.3, -0.25) is 0 Å². The number of nitrogens with zero attached hydrogens (tertiary/aromatic N) is 2. The molecule has 1 saturated carbocycles. The SMILES string of the molecule is CCc1nccn1C1CC(CC)CCC1O. The van der Waals surface area contributed by atoms with Gasteiger partial charge in [0.1, 0.15) is 5.82 Å². The second-order valence-corrected chi connectivity index (χ2v) is 4.83. The molecule has 1 fully saturated rings. The number of aromatic nitrogens is 2. The number of hydrogen-bond donors (Lipinski definition) is 1. The van der Waals surface area contributed by atoms with Crippen LogP contribution in [0.15, 0.2) is 12.4 Å². The van der Waals surface area contributed by atoms with E-state index in [1.54, 1.807) is 0 Å². The molecule has 0 saturated heterocycles. The van der Waals surface area contributed by atoms with Gasteiger partial charge in [0.05, 0.1) is 12.1 Å². The highest BCUT2D eigenvalue weighted by atomic mass is 16.3. The molecular formula is C13H22N2O. The zero-order valence-corrected chi connectivity index (χ0v) is 10.3. The highest BCUT2D eigenvalue weighted by Gasteiger charge is 2.30. The first-order chi connectivity index (χ1) is 7.76. The zero-order chi connectivity index (χ0) is 11.5. The largest absolute Gasteiger partial charge is 0.391 e. The Morgan fingerprint density at radius 3 is 2.94 bits per heavy atom. The van der Waals surface area contributed by atoms with Crippen molar-refractivity contribution in [2.24, 2.45) is 5.92 Å². The Morgan fingerprint density at radius 2 is 2.25 bits per heavy atom. The van der Waals surface area contributed by atoms with Crippen LogP contribution in [0.4, 0.5) is 0 Å². The molecule has 1 aromatic heterocycles. The van der Waals surface area contributed by atoms with E-state index in [9.17, 15) is 5.11 Å². The van der Waals surface area contributed by atoms with E-state index in [2.05, 4.69) is 23.4 Å². The summed E-state index contributed by atoms with van der Waals surface area (Å²) < 4.78 is 2.19. The molecule has 3 atom stereocenters. The fourth-order valence-corrected chi connectivity index (χ4v) is 2.80. The lowest BCUT2D eigenvalue weighted by atomic mass is 9.82. The number of rotatable bonds is 3. The predicted molar refractivity (Wildman–Crippen MR) is 64.3 cm³/mol. The van der Waals surface area contributed by atoms with Gasteiger partial charge in [-0.05, 0) is 25.2 Å². The van der Waals surface area contributed by atoms with Crippen LogP contribution in [0.1, 0.15) is 51.4 Å². The quantitative estimate of drug-likeness (QED) is 0.853. The molecule has 0 radical (unpaired) electrons. The number of imidazole rings is 1. The summed E-state index contributed by atoms with van der Waals surface area (Å²) in [6, 6.07) is 0.246. The summed E-state index contributed by atoms with van der Waals surface area (Å²) in [6.45, 7) is 4.36. The summed E-state index contributed by atoms with van der Waals surface area (Å²) in [6.07, 6.45) is 9.04. The highest BCUT2D eigenvalue weighted by molar-refractivity contribution is 4.98. The first kappa shape index (κ1) is 11.6. The van der Waals surface area contributed by atoms with E-state index < -0.39 is 0 Å². The van der Waals surface area contributed by atoms with Gasteiger partial charge < -0.3 is 9.67 Å². The van der Waals surface area contributed by atoms with E-state index in [4.69, 9.17) is 0 Å². The van der Waals surface area contributed by atoms with E-state index in [0.29, 0.717) is 0 Å². The van der Waals surface area contributed by atoms with E-state index >= 15 is 0 Å². The molecule has 0 amide bonds. The zero-order valence-electron chi connectivity index (χ0n) is 10.3. The first-order valence-electron chi connectivity index (χ1n) is 6.46. The van der Waals surface area contributed by atoms with Crippen LogP contribution in [0.2, 0.25) is 0 Å². The van der Waals surface area contributed by atoms with Crippen molar-refractivity contribution >= 4 is 0 Å². The summed E-state index contributed by atoms with van der Waals surface area (Å²) in [4.78, 5) is 4.35. The molecule has 3 heteroatoms. The monoisotopic (exact) mass is 222 g/mol. The van der Waals surface area contributed by atoms with E-state index in [1.165, 1.54) is 12.8 Å². The van der Waals surface area contributed by atoms with Crippen LogP contribution in [0.25, 0.3) is 0 Å². The maximum Gasteiger partial charge on any atom is 0.108 e. The Kier molecular flexibility index (Phi) is 3.64. The number of hydrogen-bond acceptors (Lipinski definition) is 2. The van der Waals surface area contributed by atoms with Gasteiger partial charge >= 0.3 is 0 Å². The molecule has 1 N–H and O–H groups in total. The van der Waals surface area contributed by atoms with E-state index in [1.807, 2.05) is 12.4 Å². The molecule has 2 rings (SSSR count). The summed E-state index contributed by atoms with van der Waals surface area (Å²) in [5.74, 6) is 1.86. The molecule has 16 heavy (non-hydrogen) atoms. The molecule has 0 aromatic carbocycles. The third-order valence-electron chi connectivity index (χ3n) is 3.89. The number of aliphatic hydroxyl groups is 1. The van der Waals surface area contributed by atoms with Crippen molar-refractivity contribution in [1.29, 1.82) is 0 Å². The maximum atomic E-state index is 10.1.